The van der Waals surface area contributed by atoms with Crippen LogP contribution in [0.25, 0.3) is 11.6 Å². The van der Waals surface area contributed by atoms with E-state index in [2.05, 4.69) is 34.5 Å². The molecule has 1 saturated heterocycles. The molecule has 7 heteroatoms. The van der Waals surface area contributed by atoms with Crippen LogP contribution < -0.4 is 5.43 Å². The summed E-state index contributed by atoms with van der Waals surface area (Å²) in [6.45, 7) is 1.24. The van der Waals surface area contributed by atoms with Crippen LogP contribution in [0.1, 0.15) is 42.4 Å². The highest BCUT2D eigenvalue weighted by molar-refractivity contribution is 6.20. The predicted octanol–water partition coefficient (Wildman–Crippen LogP) is 3.34. The zero-order valence-corrected chi connectivity index (χ0v) is 19.9. The van der Waals surface area contributed by atoms with Crippen molar-refractivity contribution in [2.75, 3.05) is 34.2 Å². The molecular formula is C27H30FN5O. The number of allylic oxidation sites excluding steroid dienone is 2. The first-order valence-electron chi connectivity index (χ1n) is 12.1. The summed E-state index contributed by atoms with van der Waals surface area (Å²) in [5, 5.41) is 4.72. The van der Waals surface area contributed by atoms with Crippen LogP contribution in [-0.2, 0) is 4.79 Å². The summed E-state index contributed by atoms with van der Waals surface area (Å²) in [6, 6.07) is 3.84. The Balaban J connectivity index is 1.43. The third-order valence-electron chi connectivity index (χ3n) is 7.70. The lowest BCUT2D eigenvalue weighted by molar-refractivity contribution is -0.131. The molecule has 0 saturated carbocycles. The number of carbonyl (C=O) groups excluding carboxylic acids is 1. The van der Waals surface area contributed by atoms with Gasteiger partial charge in [-0.05, 0) is 54.2 Å². The Bertz CT molecular complexity index is 1240. The van der Waals surface area contributed by atoms with Crippen molar-refractivity contribution in [1.29, 1.82) is 0 Å². The highest BCUT2D eigenvalue weighted by Crippen LogP contribution is 2.42. The summed E-state index contributed by atoms with van der Waals surface area (Å²) >= 11 is 0. The standard InChI is InChI=1S/C27H30FN5O/c1-31(2)25(34)15-33-19-5-4-6-20(33)11-17(10-19)22-13-32(3)14-23-21-12-18(28)9-16-7-8-24(26(16)21)29-30-27(22)23/h7-10,12,14,19-20,30H,4-6,11,13,15H2,1-3H3. The second-order valence-electron chi connectivity index (χ2n) is 10.2. The van der Waals surface area contributed by atoms with Crippen molar-refractivity contribution in [3.05, 3.63) is 69.8 Å². The maximum Gasteiger partial charge on any atom is 0.236 e. The van der Waals surface area contributed by atoms with E-state index in [0.29, 0.717) is 12.6 Å². The van der Waals surface area contributed by atoms with E-state index in [1.807, 2.05) is 26.2 Å². The minimum atomic E-state index is -0.232. The molecule has 0 radical (unpaired) electrons. The number of likely N-dealkylation sites (N-methyl/N-ethyl adjacent to an activating group) is 2. The van der Waals surface area contributed by atoms with Gasteiger partial charge >= 0.3 is 0 Å². The van der Waals surface area contributed by atoms with Crippen molar-refractivity contribution >= 4 is 23.3 Å². The van der Waals surface area contributed by atoms with Gasteiger partial charge in [-0.15, -0.1) is 0 Å². The molecule has 1 aliphatic carbocycles. The average molecular weight is 460 g/mol. The highest BCUT2D eigenvalue weighted by atomic mass is 19.1. The Labute approximate surface area is 199 Å². The number of amides is 1. The predicted molar refractivity (Wildman–Crippen MR) is 132 cm³/mol. The van der Waals surface area contributed by atoms with Crippen LogP contribution in [-0.4, -0.2) is 72.6 Å². The number of nitrogens with zero attached hydrogens (tertiary/aromatic N) is 4. The molecule has 4 aliphatic heterocycles. The lowest BCUT2D eigenvalue weighted by Gasteiger charge is -2.46. The number of carbonyl (C=O) groups is 1. The quantitative estimate of drug-likeness (QED) is 0.753. The topological polar surface area (TPSA) is 51.2 Å². The number of hydrogen-bond acceptors (Lipinski definition) is 5. The van der Waals surface area contributed by atoms with Crippen LogP contribution in [0.4, 0.5) is 4.39 Å². The van der Waals surface area contributed by atoms with Gasteiger partial charge < -0.3 is 9.80 Å². The molecule has 1 amide bonds. The van der Waals surface area contributed by atoms with Gasteiger partial charge in [0.05, 0.1) is 18.0 Å². The van der Waals surface area contributed by atoms with E-state index in [1.165, 1.54) is 17.6 Å². The number of halogens is 1. The summed E-state index contributed by atoms with van der Waals surface area (Å²) < 4.78 is 14.6. The van der Waals surface area contributed by atoms with Gasteiger partial charge in [0.25, 0.3) is 0 Å². The lowest BCUT2D eigenvalue weighted by Crippen LogP contribution is -2.52. The Morgan fingerprint density at radius 3 is 2.91 bits per heavy atom. The Kier molecular flexibility index (Phi) is 4.99. The fourth-order valence-electron chi connectivity index (χ4n) is 6.02. The molecule has 176 valence electrons. The highest BCUT2D eigenvalue weighted by Gasteiger charge is 2.38. The van der Waals surface area contributed by atoms with Gasteiger partial charge in [-0.3, -0.25) is 15.1 Å². The van der Waals surface area contributed by atoms with E-state index < -0.39 is 0 Å². The van der Waals surface area contributed by atoms with Gasteiger partial charge in [0.15, 0.2) is 0 Å². The van der Waals surface area contributed by atoms with Gasteiger partial charge in [0.1, 0.15) is 5.82 Å². The van der Waals surface area contributed by atoms with Crippen molar-refractivity contribution in [3.8, 4) is 0 Å². The van der Waals surface area contributed by atoms with E-state index in [4.69, 9.17) is 5.10 Å². The molecule has 2 unspecified atom stereocenters. The number of hydrogen-bond donors (Lipinski definition) is 1. The molecule has 1 N–H and O–H groups in total. The first-order valence-corrected chi connectivity index (χ1v) is 12.1. The first kappa shape index (κ1) is 21.4. The van der Waals surface area contributed by atoms with Crippen molar-refractivity contribution in [1.82, 2.24) is 20.1 Å². The monoisotopic (exact) mass is 459 g/mol. The molecule has 2 atom stereocenters. The number of rotatable bonds is 3. The van der Waals surface area contributed by atoms with Gasteiger partial charge in [-0.2, -0.15) is 5.10 Å². The second kappa shape index (κ2) is 7.94. The normalized spacial score (nSPS) is 25.1. The van der Waals surface area contributed by atoms with Gasteiger partial charge in [0.2, 0.25) is 5.91 Å². The molecule has 0 aromatic heterocycles. The zero-order chi connectivity index (χ0) is 23.6. The Morgan fingerprint density at radius 1 is 1.26 bits per heavy atom. The number of fused-ring (bicyclic) bond motifs is 4. The fourth-order valence-corrected chi connectivity index (χ4v) is 6.02. The Hall–Kier alpha value is -3.19. The van der Waals surface area contributed by atoms with Gasteiger partial charge in [-0.25, -0.2) is 4.39 Å². The average Bonchev–Trinajstić information content (AvgIpc) is 3.12. The van der Waals surface area contributed by atoms with Crippen LogP contribution in [0, 0.1) is 5.82 Å². The zero-order valence-electron chi connectivity index (χ0n) is 19.9. The molecule has 5 aliphatic rings. The number of benzene rings is 1. The van der Waals surface area contributed by atoms with E-state index in [1.54, 1.807) is 17.0 Å². The van der Waals surface area contributed by atoms with Crippen LogP contribution >= 0.6 is 0 Å². The molecule has 2 bridgehead atoms. The molecular weight excluding hydrogens is 429 g/mol. The second-order valence-corrected chi connectivity index (χ2v) is 10.2. The summed E-state index contributed by atoms with van der Waals surface area (Å²) in [5.41, 5.74) is 11.5. The van der Waals surface area contributed by atoms with Crippen LogP contribution in [0.15, 0.2) is 52.4 Å². The molecule has 1 fully saturated rings. The van der Waals surface area contributed by atoms with Crippen molar-refractivity contribution in [3.63, 3.8) is 0 Å². The maximum atomic E-state index is 14.6. The third kappa shape index (κ3) is 3.41. The summed E-state index contributed by atoms with van der Waals surface area (Å²) in [4.78, 5) is 18.7. The summed E-state index contributed by atoms with van der Waals surface area (Å²) in [5.74, 6) is -0.0770. The molecule has 1 aromatic carbocycles. The van der Waals surface area contributed by atoms with E-state index in [-0.39, 0.29) is 17.8 Å². The molecule has 1 aromatic rings. The molecule has 0 spiro atoms. The van der Waals surface area contributed by atoms with Crippen molar-refractivity contribution < 1.29 is 9.18 Å². The summed E-state index contributed by atoms with van der Waals surface area (Å²) in [6.07, 6.45) is 12.6. The van der Waals surface area contributed by atoms with Gasteiger partial charge in [0, 0.05) is 62.7 Å². The molecule has 4 heterocycles. The lowest BCUT2D eigenvalue weighted by atomic mass is 9.80. The molecule has 34 heavy (non-hydrogen) atoms. The van der Waals surface area contributed by atoms with E-state index >= 15 is 0 Å². The maximum absolute atomic E-state index is 14.6. The van der Waals surface area contributed by atoms with Gasteiger partial charge in [-0.1, -0.05) is 18.6 Å². The SMILES string of the molecule is CN1C=C2C(=C(C3=CC4CCCC(C3)N4CC(=O)N(C)C)C1)NN=C1C=Cc3cc(F)cc2c31. The van der Waals surface area contributed by atoms with Crippen LogP contribution in [0.5, 0.6) is 0 Å². The number of piperidine rings is 1. The van der Waals surface area contributed by atoms with E-state index in [0.717, 1.165) is 59.5 Å². The number of hydrazone groups is 1. The smallest absolute Gasteiger partial charge is 0.236 e. The minimum Gasteiger partial charge on any atom is -0.375 e. The van der Waals surface area contributed by atoms with Crippen LogP contribution in [0.2, 0.25) is 0 Å². The van der Waals surface area contributed by atoms with E-state index in [9.17, 15) is 9.18 Å². The molecule has 6 rings (SSSR count). The molecule has 6 nitrogen and oxygen atoms in total. The van der Waals surface area contributed by atoms with Crippen molar-refractivity contribution in [2.24, 2.45) is 5.10 Å². The minimum absolute atomic E-state index is 0.155. The Morgan fingerprint density at radius 2 is 2.12 bits per heavy atom. The first-order chi connectivity index (χ1) is 16.4. The number of nitrogens with one attached hydrogen (secondary N) is 1. The summed E-state index contributed by atoms with van der Waals surface area (Å²) in [7, 11) is 5.72. The van der Waals surface area contributed by atoms with Crippen molar-refractivity contribution in [2.45, 2.75) is 37.8 Å². The third-order valence-corrected chi connectivity index (χ3v) is 7.70. The largest absolute Gasteiger partial charge is 0.375 e. The van der Waals surface area contributed by atoms with Crippen LogP contribution in [0.3, 0.4) is 0 Å². The fraction of sp³-hybridized carbons (Fsp3) is 0.407.